The number of aryl methyl sites for hydroxylation is 2. The second-order valence-electron chi connectivity index (χ2n) is 4.31. The molecule has 3 aromatic rings. The molecule has 0 saturated heterocycles. The quantitative estimate of drug-likeness (QED) is 0.655. The molecular weight excluding hydrogens is 229 g/mol. The highest BCUT2D eigenvalue weighted by atomic mass is 19.1. The molecule has 0 atom stereocenters. The fraction of sp³-hybridized carbons (Fsp3) is 0.143. The summed E-state index contributed by atoms with van der Waals surface area (Å²) in [5.74, 6) is -0.256. The maximum Gasteiger partial charge on any atom is 0.163 e. The van der Waals surface area contributed by atoms with E-state index in [0.717, 1.165) is 17.0 Å². The van der Waals surface area contributed by atoms with Crippen LogP contribution in [0.4, 0.5) is 4.39 Å². The zero-order valence-corrected chi connectivity index (χ0v) is 10.2. The van der Waals surface area contributed by atoms with E-state index in [4.69, 9.17) is 0 Å². The maximum atomic E-state index is 13.8. The Hall–Kier alpha value is -2.23. The highest BCUT2D eigenvalue weighted by molar-refractivity contribution is 5.77. The van der Waals surface area contributed by atoms with Crippen molar-refractivity contribution in [3.8, 4) is 11.1 Å². The molecule has 0 bridgehead atoms. The number of rotatable bonds is 1. The summed E-state index contributed by atoms with van der Waals surface area (Å²) in [5.41, 5.74) is 3.83. The molecule has 0 saturated carbocycles. The lowest BCUT2D eigenvalue weighted by molar-refractivity contribution is 0.631. The average molecular weight is 241 g/mol. The highest BCUT2D eigenvalue weighted by Gasteiger charge is 2.12. The van der Waals surface area contributed by atoms with Crippen molar-refractivity contribution in [1.82, 2.24) is 14.6 Å². The van der Waals surface area contributed by atoms with Crippen LogP contribution in [0.25, 0.3) is 16.8 Å². The third kappa shape index (κ3) is 1.57. The third-order valence-electron chi connectivity index (χ3n) is 2.94. The number of benzene rings is 1. The Morgan fingerprint density at radius 1 is 1.11 bits per heavy atom. The number of fused-ring (bicyclic) bond motifs is 1. The van der Waals surface area contributed by atoms with E-state index in [-0.39, 0.29) is 5.82 Å². The lowest BCUT2D eigenvalue weighted by atomic mass is 10.1. The van der Waals surface area contributed by atoms with Crippen LogP contribution in [0.3, 0.4) is 0 Å². The van der Waals surface area contributed by atoms with Crippen LogP contribution in [0.5, 0.6) is 0 Å². The van der Waals surface area contributed by atoms with Crippen molar-refractivity contribution < 1.29 is 4.39 Å². The van der Waals surface area contributed by atoms with Gasteiger partial charge in [0.1, 0.15) is 5.82 Å². The van der Waals surface area contributed by atoms with Gasteiger partial charge < -0.3 is 0 Å². The Bertz CT molecular complexity index is 731. The largest absolute Gasteiger partial charge is 0.233 e. The van der Waals surface area contributed by atoms with Crippen LogP contribution in [-0.4, -0.2) is 14.6 Å². The van der Waals surface area contributed by atoms with Crippen molar-refractivity contribution in [3.63, 3.8) is 0 Å². The molecule has 0 spiro atoms. The lowest BCUT2D eigenvalue weighted by Crippen LogP contribution is -1.97. The molecule has 2 heterocycles. The van der Waals surface area contributed by atoms with Gasteiger partial charge in [-0.2, -0.15) is 5.10 Å². The molecule has 0 radical (unpaired) electrons. The SMILES string of the molecule is Cc1cc(C)n2ncc(-c3ccccc3F)c2n1. The second kappa shape index (κ2) is 3.91. The van der Waals surface area contributed by atoms with Gasteiger partial charge in [0.05, 0.1) is 6.20 Å². The fourth-order valence-electron chi connectivity index (χ4n) is 2.14. The number of hydrogen-bond donors (Lipinski definition) is 0. The van der Waals surface area contributed by atoms with E-state index in [1.54, 1.807) is 22.8 Å². The third-order valence-corrected chi connectivity index (χ3v) is 2.94. The van der Waals surface area contributed by atoms with E-state index in [9.17, 15) is 4.39 Å². The zero-order valence-electron chi connectivity index (χ0n) is 10.2. The minimum absolute atomic E-state index is 0.256. The van der Waals surface area contributed by atoms with Gasteiger partial charge >= 0.3 is 0 Å². The molecule has 0 aliphatic heterocycles. The second-order valence-corrected chi connectivity index (χ2v) is 4.31. The average Bonchev–Trinajstić information content (AvgIpc) is 2.73. The maximum absolute atomic E-state index is 13.8. The molecule has 2 aromatic heterocycles. The van der Waals surface area contributed by atoms with Crippen LogP contribution < -0.4 is 0 Å². The molecule has 18 heavy (non-hydrogen) atoms. The monoisotopic (exact) mass is 241 g/mol. The summed E-state index contributed by atoms with van der Waals surface area (Å²) in [6.45, 7) is 3.88. The predicted molar refractivity (Wildman–Crippen MR) is 67.9 cm³/mol. The summed E-state index contributed by atoms with van der Waals surface area (Å²) in [4.78, 5) is 4.45. The number of halogens is 1. The molecule has 0 unspecified atom stereocenters. The van der Waals surface area contributed by atoms with Crippen molar-refractivity contribution >= 4 is 5.65 Å². The van der Waals surface area contributed by atoms with Gasteiger partial charge in [-0.1, -0.05) is 18.2 Å². The molecular formula is C14H12FN3. The molecule has 3 nitrogen and oxygen atoms in total. The van der Waals surface area contributed by atoms with Crippen LogP contribution in [0, 0.1) is 19.7 Å². The summed E-state index contributed by atoms with van der Waals surface area (Å²) >= 11 is 0. The Labute approximate surface area is 104 Å². The van der Waals surface area contributed by atoms with E-state index in [0.29, 0.717) is 11.2 Å². The minimum Gasteiger partial charge on any atom is -0.233 e. The predicted octanol–water partition coefficient (Wildman–Crippen LogP) is 3.15. The first-order valence-electron chi connectivity index (χ1n) is 5.73. The molecule has 0 amide bonds. The topological polar surface area (TPSA) is 30.2 Å². The zero-order chi connectivity index (χ0) is 12.7. The first-order valence-corrected chi connectivity index (χ1v) is 5.73. The van der Waals surface area contributed by atoms with Crippen molar-refractivity contribution in [2.75, 3.05) is 0 Å². The van der Waals surface area contributed by atoms with Gasteiger partial charge in [0.2, 0.25) is 0 Å². The number of nitrogens with zero attached hydrogens (tertiary/aromatic N) is 3. The van der Waals surface area contributed by atoms with Gasteiger partial charge in [0.15, 0.2) is 5.65 Å². The molecule has 0 aliphatic carbocycles. The number of aromatic nitrogens is 3. The molecule has 3 rings (SSSR count). The summed E-state index contributed by atoms with van der Waals surface area (Å²) in [7, 11) is 0. The summed E-state index contributed by atoms with van der Waals surface area (Å²) < 4.78 is 15.5. The fourth-order valence-corrected chi connectivity index (χ4v) is 2.14. The van der Waals surface area contributed by atoms with Crippen molar-refractivity contribution in [2.45, 2.75) is 13.8 Å². The van der Waals surface area contributed by atoms with Crippen molar-refractivity contribution in [2.24, 2.45) is 0 Å². The first kappa shape index (κ1) is 10.9. The van der Waals surface area contributed by atoms with Crippen LogP contribution in [-0.2, 0) is 0 Å². The van der Waals surface area contributed by atoms with E-state index in [2.05, 4.69) is 10.1 Å². The smallest absolute Gasteiger partial charge is 0.163 e. The lowest BCUT2D eigenvalue weighted by Gasteiger charge is -2.03. The van der Waals surface area contributed by atoms with Gasteiger partial charge in [0.25, 0.3) is 0 Å². The summed E-state index contributed by atoms with van der Waals surface area (Å²) in [5, 5.41) is 4.26. The number of hydrogen-bond acceptors (Lipinski definition) is 2. The van der Waals surface area contributed by atoms with Gasteiger partial charge in [-0.25, -0.2) is 13.9 Å². The van der Waals surface area contributed by atoms with Crippen molar-refractivity contribution in [3.05, 3.63) is 53.7 Å². The normalized spacial score (nSPS) is 11.1. The Kier molecular flexibility index (Phi) is 2.37. The standard InChI is InChI=1S/C14H12FN3/c1-9-7-10(2)18-14(17-9)12(8-16-18)11-5-3-4-6-13(11)15/h3-8H,1-2H3. The molecule has 0 N–H and O–H groups in total. The van der Waals surface area contributed by atoms with Crippen LogP contribution in [0.2, 0.25) is 0 Å². The molecule has 4 heteroatoms. The van der Waals surface area contributed by atoms with Crippen LogP contribution in [0.15, 0.2) is 36.5 Å². The van der Waals surface area contributed by atoms with Crippen LogP contribution in [0.1, 0.15) is 11.4 Å². The van der Waals surface area contributed by atoms with E-state index < -0.39 is 0 Å². The van der Waals surface area contributed by atoms with Crippen molar-refractivity contribution in [1.29, 1.82) is 0 Å². The highest BCUT2D eigenvalue weighted by Crippen LogP contribution is 2.26. The van der Waals surface area contributed by atoms with E-state index in [1.165, 1.54) is 6.07 Å². The van der Waals surface area contributed by atoms with Gasteiger partial charge in [-0.15, -0.1) is 0 Å². The summed E-state index contributed by atoms with van der Waals surface area (Å²) in [6.07, 6.45) is 1.66. The van der Waals surface area contributed by atoms with Gasteiger partial charge in [0, 0.05) is 22.5 Å². The Morgan fingerprint density at radius 3 is 2.67 bits per heavy atom. The van der Waals surface area contributed by atoms with E-state index in [1.807, 2.05) is 26.0 Å². The van der Waals surface area contributed by atoms with Gasteiger partial charge in [-0.3, -0.25) is 0 Å². The minimum atomic E-state index is -0.256. The molecule has 0 fully saturated rings. The molecule has 1 aromatic carbocycles. The Balaban J connectivity index is 2.34. The first-order chi connectivity index (χ1) is 8.66. The Morgan fingerprint density at radius 2 is 1.89 bits per heavy atom. The molecule has 90 valence electrons. The van der Waals surface area contributed by atoms with Gasteiger partial charge in [-0.05, 0) is 26.0 Å². The van der Waals surface area contributed by atoms with Crippen LogP contribution >= 0.6 is 0 Å². The van der Waals surface area contributed by atoms with E-state index >= 15 is 0 Å². The summed E-state index contributed by atoms with van der Waals surface area (Å²) in [6, 6.07) is 8.62. The molecule has 0 aliphatic rings.